The zero-order valence-electron chi connectivity index (χ0n) is 14.7. The van der Waals surface area contributed by atoms with Gasteiger partial charge in [-0.15, -0.1) is 0 Å². The molecular weight excluding hydrogens is 335 g/mol. The molecule has 1 aliphatic heterocycles. The number of hydrogen-bond acceptors (Lipinski definition) is 3. The van der Waals surface area contributed by atoms with Crippen molar-refractivity contribution < 1.29 is 14.1 Å². The van der Waals surface area contributed by atoms with E-state index in [0.717, 1.165) is 24.8 Å². The van der Waals surface area contributed by atoms with E-state index in [1.54, 1.807) is 36.1 Å². The van der Waals surface area contributed by atoms with Crippen molar-refractivity contribution in [3.05, 3.63) is 75.1 Å². The normalized spacial score (nSPS) is 17.6. The number of halogens is 1. The van der Waals surface area contributed by atoms with Crippen LogP contribution in [0.25, 0.3) is 0 Å². The molecule has 5 nitrogen and oxygen atoms in total. The van der Waals surface area contributed by atoms with E-state index in [1.807, 2.05) is 0 Å². The third-order valence-corrected chi connectivity index (χ3v) is 5.03. The van der Waals surface area contributed by atoms with E-state index in [4.69, 9.17) is 0 Å². The van der Waals surface area contributed by atoms with Gasteiger partial charge in [-0.1, -0.05) is 24.6 Å². The monoisotopic (exact) mass is 356 g/mol. The lowest BCUT2D eigenvalue weighted by atomic mass is 9.94. The number of nitrogens with zero attached hydrogens (tertiary/aromatic N) is 2. The number of hydrogen-bond donors (Lipinski definition) is 0. The van der Waals surface area contributed by atoms with Crippen LogP contribution in [-0.2, 0) is 0 Å². The van der Waals surface area contributed by atoms with Gasteiger partial charge in [0, 0.05) is 36.2 Å². The molecular formula is C20H21FN2O3. The zero-order valence-corrected chi connectivity index (χ0v) is 14.7. The predicted molar refractivity (Wildman–Crippen MR) is 96.7 cm³/mol. The molecule has 6 heteroatoms. The van der Waals surface area contributed by atoms with Crippen molar-refractivity contribution in [3.63, 3.8) is 0 Å². The van der Waals surface area contributed by atoms with Crippen LogP contribution in [-0.4, -0.2) is 28.8 Å². The Bertz CT molecular complexity index is 820. The molecule has 1 atom stereocenters. The first-order chi connectivity index (χ1) is 12.5. The van der Waals surface area contributed by atoms with Crippen LogP contribution in [0.1, 0.15) is 46.7 Å². The smallest absolute Gasteiger partial charge is 0.273 e. The SMILES string of the molecule is Cc1c(C(=O)N2CCCCC(c3ccc(F)cc3)C2)cccc1[N+](=O)[O-]. The van der Waals surface area contributed by atoms with Gasteiger partial charge in [-0.05, 0) is 43.5 Å². The Kier molecular flexibility index (Phi) is 5.30. The lowest BCUT2D eigenvalue weighted by molar-refractivity contribution is -0.385. The average molecular weight is 356 g/mol. The Hall–Kier alpha value is -2.76. The van der Waals surface area contributed by atoms with Gasteiger partial charge in [-0.25, -0.2) is 4.39 Å². The number of amides is 1. The molecule has 136 valence electrons. The van der Waals surface area contributed by atoms with Crippen LogP contribution in [0, 0.1) is 22.9 Å². The van der Waals surface area contributed by atoms with E-state index in [-0.39, 0.29) is 23.3 Å². The van der Waals surface area contributed by atoms with Gasteiger partial charge in [-0.3, -0.25) is 14.9 Å². The summed E-state index contributed by atoms with van der Waals surface area (Å²) in [6.45, 7) is 2.77. The third kappa shape index (κ3) is 3.74. The fourth-order valence-corrected chi connectivity index (χ4v) is 3.56. The Morgan fingerprint density at radius 3 is 2.62 bits per heavy atom. The summed E-state index contributed by atoms with van der Waals surface area (Å²) < 4.78 is 13.2. The molecule has 2 aromatic rings. The van der Waals surface area contributed by atoms with Crippen molar-refractivity contribution in [3.8, 4) is 0 Å². The Morgan fingerprint density at radius 1 is 1.19 bits per heavy atom. The largest absolute Gasteiger partial charge is 0.338 e. The summed E-state index contributed by atoms with van der Waals surface area (Å²) in [5, 5.41) is 11.1. The molecule has 0 N–H and O–H groups in total. The van der Waals surface area contributed by atoms with Crippen LogP contribution in [0.3, 0.4) is 0 Å². The second-order valence-electron chi connectivity index (χ2n) is 6.70. The molecule has 1 fully saturated rings. The van der Waals surface area contributed by atoms with Gasteiger partial charge in [0.1, 0.15) is 5.82 Å². The van der Waals surface area contributed by atoms with Crippen LogP contribution in [0.2, 0.25) is 0 Å². The maximum absolute atomic E-state index is 13.2. The predicted octanol–water partition coefficient (Wildman–Crippen LogP) is 4.45. The van der Waals surface area contributed by atoms with Crippen LogP contribution < -0.4 is 0 Å². The molecule has 1 saturated heterocycles. The number of nitro benzene ring substituents is 1. The summed E-state index contributed by atoms with van der Waals surface area (Å²) in [5.74, 6) is -0.316. The lowest BCUT2D eigenvalue weighted by Crippen LogP contribution is -2.34. The number of carbonyl (C=O) groups excluding carboxylic acids is 1. The summed E-state index contributed by atoms with van der Waals surface area (Å²) in [4.78, 5) is 25.5. The molecule has 1 unspecified atom stereocenters. The number of likely N-dealkylation sites (tertiary alicyclic amines) is 1. The highest BCUT2D eigenvalue weighted by molar-refractivity contribution is 5.96. The van der Waals surface area contributed by atoms with E-state index in [9.17, 15) is 19.3 Å². The minimum absolute atomic E-state index is 0.0410. The van der Waals surface area contributed by atoms with Crippen LogP contribution in [0.15, 0.2) is 42.5 Å². The second-order valence-corrected chi connectivity index (χ2v) is 6.70. The summed E-state index contributed by atoms with van der Waals surface area (Å²) in [5.41, 5.74) is 1.74. The molecule has 26 heavy (non-hydrogen) atoms. The van der Waals surface area contributed by atoms with Gasteiger partial charge in [0.2, 0.25) is 0 Å². The van der Waals surface area contributed by atoms with Crippen molar-refractivity contribution in [1.29, 1.82) is 0 Å². The highest BCUT2D eigenvalue weighted by Gasteiger charge is 2.26. The topological polar surface area (TPSA) is 63.5 Å². The van der Waals surface area contributed by atoms with Gasteiger partial charge in [0.05, 0.1) is 4.92 Å². The molecule has 0 spiro atoms. The van der Waals surface area contributed by atoms with Crippen molar-refractivity contribution >= 4 is 11.6 Å². The number of rotatable bonds is 3. The summed E-state index contributed by atoms with van der Waals surface area (Å²) in [6, 6.07) is 11.0. The maximum Gasteiger partial charge on any atom is 0.273 e. The highest BCUT2D eigenvalue weighted by Crippen LogP contribution is 2.29. The number of benzene rings is 2. The molecule has 0 radical (unpaired) electrons. The lowest BCUT2D eigenvalue weighted by Gasteiger charge is -2.25. The minimum atomic E-state index is -0.462. The Labute approximate surface area is 151 Å². The number of nitro groups is 1. The molecule has 1 heterocycles. The molecule has 0 aliphatic carbocycles. The fourth-order valence-electron chi connectivity index (χ4n) is 3.56. The van der Waals surface area contributed by atoms with Gasteiger partial charge in [0.25, 0.3) is 11.6 Å². The first-order valence-corrected chi connectivity index (χ1v) is 8.76. The van der Waals surface area contributed by atoms with Gasteiger partial charge >= 0.3 is 0 Å². The molecule has 0 bridgehead atoms. The highest BCUT2D eigenvalue weighted by atomic mass is 19.1. The third-order valence-electron chi connectivity index (χ3n) is 5.03. The van der Waals surface area contributed by atoms with Crippen molar-refractivity contribution in [2.45, 2.75) is 32.1 Å². The van der Waals surface area contributed by atoms with Crippen LogP contribution >= 0.6 is 0 Å². The summed E-state index contributed by atoms with van der Waals surface area (Å²) in [7, 11) is 0. The van der Waals surface area contributed by atoms with Crippen molar-refractivity contribution in [1.82, 2.24) is 4.90 Å². The minimum Gasteiger partial charge on any atom is -0.338 e. The van der Waals surface area contributed by atoms with Crippen molar-refractivity contribution in [2.75, 3.05) is 13.1 Å². The molecule has 0 aromatic heterocycles. The molecule has 0 saturated carbocycles. The second kappa shape index (κ2) is 7.64. The Morgan fingerprint density at radius 2 is 1.92 bits per heavy atom. The summed E-state index contributed by atoms with van der Waals surface area (Å²) in [6.07, 6.45) is 2.81. The van der Waals surface area contributed by atoms with Crippen molar-refractivity contribution in [2.24, 2.45) is 0 Å². The Balaban J connectivity index is 1.85. The van der Waals surface area contributed by atoms with Crippen LogP contribution in [0.5, 0.6) is 0 Å². The molecule has 3 rings (SSSR count). The van der Waals surface area contributed by atoms with Crippen LogP contribution in [0.4, 0.5) is 10.1 Å². The average Bonchev–Trinajstić information content (AvgIpc) is 2.88. The molecule has 1 aliphatic rings. The van der Waals surface area contributed by atoms with Gasteiger partial charge < -0.3 is 4.90 Å². The van der Waals surface area contributed by atoms with E-state index < -0.39 is 4.92 Å². The number of carbonyl (C=O) groups is 1. The first-order valence-electron chi connectivity index (χ1n) is 8.76. The van der Waals surface area contributed by atoms with E-state index in [2.05, 4.69) is 0 Å². The quantitative estimate of drug-likeness (QED) is 0.603. The fraction of sp³-hybridized carbons (Fsp3) is 0.350. The molecule has 2 aromatic carbocycles. The summed E-state index contributed by atoms with van der Waals surface area (Å²) >= 11 is 0. The van der Waals surface area contributed by atoms with Gasteiger partial charge in [-0.2, -0.15) is 0 Å². The first kappa shape index (κ1) is 18.0. The van der Waals surface area contributed by atoms with E-state index in [1.165, 1.54) is 18.2 Å². The zero-order chi connectivity index (χ0) is 18.7. The standard InChI is InChI=1S/C20H21FN2O3/c1-14-18(6-4-7-19(14)23(25)26)20(24)22-12-3-2-5-16(13-22)15-8-10-17(21)11-9-15/h4,6-11,16H,2-3,5,12-13H2,1H3. The molecule has 1 amide bonds. The maximum atomic E-state index is 13.2. The van der Waals surface area contributed by atoms with E-state index in [0.29, 0.717) is 24.2 Å². The van der Waals surface area contributed by atoms with E-state index >= 15 is 0 Å². The van der Waals surface area contributed by atoms with Gasteiger partial charge in [0.15, 0.2) is 0 Å².